The van der Waals surface area contributed by atoms with E-state index < -0.39 is 0 Å². The Kier molecular flexibility index (Phi) is 3.79. The highest BCUT2D eigenvalue weighted by atomic mass is 32.1. The second kappa shape index (κ2) is 4.14. The molecule has 0 heterocycles. The molecule has 0 aromatic heterocycles. The van der Waals surface area contributed by atoms with E-state index in [1.807, 2.05) is 0 Å². The maximum Gasteiger partial charge on any atom is 0.171 e. The van der Waals surface area contributed by atoms with Gasteiger partial charge in [-0.3, -0.25) is 0 Å². The van der Waals surface area contributed by atoms with Gasteiger partial charge in [0.25, 0.3) is 0 Å². The van der Waals surface area contributed by atoms with E-state index in [0.717, 1.165) is 0 Å². The van der Waals surface area contributed by atoms with Gasteiger partial charge in [-0.2, -0.15) is 0 Å². The molecule has 0 aliphatic carbocycles. The summed E-state index contributed by atoms with van der Waals surface area (Å²) in [6, 6.07) is 0. The van der Waals surface area contributed by atoms with Crippen molar-refractivity contribution in [2.45, 2.75) is 0 Å². The van der Waals surface area contributed by atoms with Gasteiger partial charge < -0.3 is 16.0 Å². The van der Waals surface area contributed by atoms with Crippen LogP contribution in [-0.4, -0.2) is 19.2 Å². The molecule has 0 aliphatic heterocycles. The zero-order chi connectivity index (χ0) is 7.28. The fourth-order valence-corrected chi connectivity index (χ4v) is 0.385. The number of thiocarbonyl (C=S) groups is 1. The molecule has 3 N–H and O–H groups in total. The van der Waals surface area contributed by atoms with Crippen LogP contribution in [0.1, 0.15) is 0 Å². The van der Waals surface area contributed by atoms with Crippen molar-refractivity contribution in [1.29, 1.82) is 0 Å². The third-order valence-corrected chi connectivity index (χ3v) is 1.10. The molecule has 0 rings (SSSR count). The fourth-order valence-electron chi connectivity index (χ4n) is 0.262. The van der Waals surface area contributed by atoms with Gasteiger partial charge >= 0.3 is 0 Å². The van der Waals surface area contributed by atoms with Crippen molar-refractivity contribution in [3.8, 4) is 0 Å². The smallest absolute Gasteiger partial charge is 0.171 e. The van der Waals surface area contributed by atoms with Crippen LogP contribution in [0.4, 0.5) is 0 Å². The highest BCUT2D eigenvalue weighted by molar-refractivity contribution is 7.80. The minimum absolute atomic E-state index is 0.564. The van der Waals surface area contributed by atoms with Gasteiger partial charge in [0.05, 0.1) is 5.82 Å². The molecular formula is C5H11N3S. The molecule has 9 heavy (non-hydrogen) atoms. The van der Waals surface area contributed by atoms with Crippen molar-refractivity contribution < 1.29 is 0 Å². The van der Waals surface area contributed by atoms with Crippen LogP contribution in [0.3, 0.4) is 0 Å². The molecule has 0 unspecified atom stereocenters. The highest BCUT2D eigenvalue weighted by Crippen LogP contribution is 1.72. The zero-order valence-corrected chi connectivity index (χ0v) is 6.43. The molecule has 0 aliphatic rings. The fraction of sp³-hybridized carbons (Fsp3) is 0.400. The van der Waals surface area contributed by atoms with Crippen LogP contribution in [0.15, 0.2) is 12.4 Å². The molecule has 0 spiro atoms. The molecule has 0 atom stereocenters. The van der Waals surface area contributed by atoms with Crippen molar-refractivity contribution in [3.05, 3.63) is 12.4 Å². The SMILES string of the molecule is C=C(NC)NC(=S)NC. The maximum absolute atomic E-state index is 4.77. The lowest BCUT2D eigenvalue weighted by atomic mass is 10.7. The van der Waals surface area contributed by atoms with Crippen LogP contribution in [0.2, 0.25) is 0 Å². The van der Waals surface area contributed by atoms with Gasteiger partial charge in [-0.05, 0) is 12.2 Å². The Morgan fingerprint density at radius 3 is 2.22 bits per heavy atom. The summed E-state index contributed by atoms with van der Waals surface area (Å²) >= 11 is 4.77. The molecule has 0 fully saturated rings. The van der Waals surface area contributed by atoms with E-state index in [9.17, 15) is 0 Å². The molecule has 52 valence electrons. The van der Waals surface area contributed by atoms with Crippen molar-refractivity contribution in [1.82, 2.24) is 16.0 Å². The summed E-state index contributed by atoms with van der Waals surface area (Å²) in [6.07, 6.45) is 0. The van der Waals surface area contributed by atoms with E-state index in [-0.39, 0.29) is 0 Å². The average Bonchev–Trinajstić information content (AvgIpc) is 1.87. The van der Waals surface area contributed by atoms with Gasteiger partial charge in [0.1, 0.15) is 0 Å². The molecule has 0 aromatic carbocycles. The summed E-state index contributed by atoms with van der Waals surface area (Å²) in [5.74, 6) is 0.689. The van der Waals surface area contributed by atoms with Gasteiger partial charge in [-0.25, -0.2) is 0 Å². The summed E-state index contributed by atoms with van der Waals surface area (Å²) in [5, 5.41) is 8.90. The summed E-state index contributed by atoms with van der Waals surface area (Å²) in [6.45, 7) is 3.61. The van der Waals surface area contributed by atoms with Gasteiger partial charge in [-0.1, -0.05) is 6.58 Å². The largest absolute Gasteiger partial charge is 0.375 e. The molecule has 4 heteroatoms. The summed E-state index contributed by atoms with van der Waals surface area (Å²) in [7, 11) is 3.52. The van der Waals surface area contributed by atoms with Crippen LogP contribution in [0.25, 0.3) is 0 Å². The third kappa shape index (κ3) is 3.78. The van der Waals surface area contributed by atoms with E-state index in [4.69, 9.17) is 12.2 Å². The summed E-state index contributed by atoms with van der Waals surface area (Å²) in [4.78, 5) is 0. The minimum Gasteiger partial charge on any atom is -0.375 e. The Morgan fingerprint density at radius 2 is 1.89 bits per heavy atom. The van der Waals surface area contributed by atoms with Crippen molar-refractivity contribution >= 4 is 17.3 Å². The van der Waals surface area contributed by atoms with E-state index >= 15 is 0 Å². The quantitative estimate of drug-likeness (QED) is 0.469. The zero-order valence-electron chi connectivity index (χ0n) is 5.62. The lowest BCUT2D eigenvalue weighted by Gasteiger charge is -2.07. The molecular weight excluding hydrogens is 134 g/mol. The van der Waals surface area contributed by atoms with Gasteiger partial charge in [-0.15, -0.1) is 0 Å². The molecule has 0 amide bonds. The van der Waals surface area contributed by atoms with E-state index in [0.29, 0.717) is 10.9 Å². The first-order valence-corrected chi connectivity index (χ1v) is 2.97. The van der Waals surface area contributed by atoms with Crippen molar-refractivity contribution in [3.63, 3.8) is 0 Å². The van der Waals surface area contributed by atoms with Crippen LogP contribution < -0.4 is 16.0 Å². The Hall–Kier alpha value is -0.770. The van der Waals surface area contributed by atoms with Gasteiger partial charge in [0, 0.05) is 14.1 Å². The Morgan fingerprint density at radius 1 is 1.33 bits per heavy atom. The Bertz CT molecular complexity index is 107. The van der Waals surface area contributed by atoms with E-state index in [2.05, 4.69) is 22.5 Å². The first-order valence-electron chi connectivity index (χ1n) is 2.56. The standard InChI is InChI=1S/C5H11N3S/c1-4(6-2)8-5(9)7-3/h6H,1H2,2-3H3,(H2,7,8,9). The Labute approximate surface area is 60.5 Å². The lowest BCUT2D eigenvalue weighted by Crippen LogP contribution is -2.35. The average molecular weight is 145 g/mol. The molecule has 0 bridgehead atoms. The molecule has 0 radical (unpaired) electrons. The number of hydrogen-bond donors (Lipinski definition) is 3. The normalized spacial score (nSPS) is 7.78. The van der Waals surface area contributed by atoms with Crippen LogP contribution >= 0.6 is 12.2 Å². The summed E-state index contributed by atoms with van der Waals surface area (Å²) in [5.41, 5.74) is 0. The van der Waals surface area contributed by atoms with Crippen molar-refractivity contribution in [2.24, 2.45) is 0 Å². The van der Waals surface area contributed by atoms with Gasteiger partial charge in [0.2, 0.25) is 0 Å². The van der Waals surface area contributed by atoms with Crippen LogP contribution in [0, 0.1) is 0 Å². The predicted octanol–water partition coefficient (Wildman–Crippen LogP) is -0.229. The van der Waals surface area contributed by atoms with E-state index in [1.165, 1.54) is 0 Å². The molecule has 0 aromatic rings. The number of rotatable bonds is 2. The number of hydrogen-bond acceptors (Lipinski definition) is 2. The van der Waals surface area contributed by atoms with Crippen molar-refractivity contribution in [2.75, 3.05) is 14.1 Å². The number of nitrogens with one attached hydrogen (secondary N) is 3. The van der Waals surface area contributed by atoms with Crippen LogP contribution in [0.5, 0.6) is 0 Å². The van der Waals surface area contributed by atoms with E-state index in [1.54, 1.807) is 14.1 Å². The monoisotopic (exact) mass is 145 g/mol. The molecule has 0 saturated heterocycles. The second-order valence-electron chi connectivity index (χ2n) is 1.43. The lowest BCUT2D eigenvalue weighted by molar-refractivity contribution is 0.890. The third-order valence-electron chi connectivity index (χ3n) is 0.793. The topological polar surface area (TPSA) is 36.1 Å². The summed E-state index contributed by atoms with van der Waals surface area (Å²) < 4.78 is 0. The first kappa shape index (κ1) is 8.23. The second-order valence-corrected chi connectivity index (χ2v) is 1.84. The van der Waals surface area contributed by atoms with Crippen LogP contribution in [-0.2, 0) is 0 Å². The highest BCUT2D eigenvalue weighted by Gasteiger charge is 1.89. The minimum atomic E-state index is 0.564. The predicted molar refractivity (Wildman–Crippen MR) is 43.0 cm³/mol. The molecule has 3 nitrogen and oxygen atoms in total. The Balaban J connectivity index is 3.47. The maximum atomic E-state index is 4.77. The first-order chi connectivity index (χ1) is 4.20. The molecule has 0 saturated carbocycles. The van der Waals surface area contributed by atoms with Gasteiger partial charge in [0.15, 0.2) is 5.11 Å².